The zero-order chi connectivity index (χ0) is 23.7. The van der Waals surface area contributed by atoms with Crippen LogP contribution in [0.1, 0.15) is 44.0 Å². The Hall–Kier alpha value is -4.57. The first-order valence-electron chi connectivity index (χ1n) is 10.7. The lowest BCUT2D eigenvalue weighted by Crippen LogP contribution is -2.13. The van der Waals surface area contributed by atoms with Crippen LogP contribution in [0.5, 0.6) is 0 Å². The molecular weight excluding hydrogens is 429 g/mol. The number of aliphatic imine (C=N–C) groups is 1. The second-order valence-corrected chi connectivity index (χ2v) is 8.08. The summed E-state index contributed by atoms with van der Waals surface area (Å²) in [4.78, 5) is 25.7. The summed E-state index contributed by atoms with van der Waals surface area (Å²) in [5.74, 6) is 5.45. The summed E-state index contributed by atoms with van der Waals surface area (Å²) >= 11 is 0. The second kappa shape index (κ2) is 8.75. The molecule has 2 aromatic carbocycles. The third-order valence-electron chi connectivity index (χ3n) is 5.47. The highest BCUT2D eigenvalue weighted by atomic mass is 19.1. The number of carbonyl (C=O) groups excluding carboxylic acids is 1. The van der Waals surface area contributed by atoms with E-state index < -0.39 is 5.82 Å². The van der Waals surface area contributed by atoms with Gasteiger partial charge in [0, 0.05) is 46.5 Å². The van der Waals surface area contributed by atoms with E-state index in [0.717, 1.165) is 33.6 Å². The highest BCUT2D eigenvalue weighted by Gasteiger charge is 2.11. The van der Waals surface area contributed by atoms with E-state index in [1.54, 1.807) is 47.7 Å². The summed E-state index contributed by atoms with van der Waals surface area (Å²) in [6.07, 6.45) is 6.92. The van der Waals surface area contributed by atoms with Crippen molar-refractivity contribution in [1.29, 1.82) is 0 Å². The van der Waals surface area contributed by atoms with Crippen molar-refractivity contribution in [2.24, 2.45) is 4.99 Å². The molecule has 34 heavy (non-hydrogen) atoms. The molecule has 0 bridgehead atoms. The molecule has 4 aromatic rings. The molecule has 0 aliphatic carbocycles. The first-order valence-corrected chi connectivity index (χ1v) is 10.7. The monoisotopic (exact) mass is 449 g/mol. The van der Waals surface area contributed by atoms with Gasteiger partial charge in [-0.2, -0.15) is 0 Å². The highest BCUT2D eigenvalue weighted by Crippen LogP contribution is 2.20. The molecule has 0 fully saturated rings. The number of fused-ring (bicyclic) bond motifs is 1. The van der Waals surface area contributed by atoms with Crippen molar-refractivity contribution in [1.82, 2.24) is 14.5 Å². The molecular formula is C27H20FN5O. The van der Waals surface area contributed by atoms with Gasteiger partial charge in [0.1, 0.15) is 5.82 Å². The standard InChI is InChI=1S/C27H20FN5O/c1-17-3-5-21(8-20(17)6-4-19-7-22-13-29-14-26(22)30-12-19)27(34)32-24-9-23(28)10-25(11-24)33-15-18(2)31-16-33/h3,5,7-13,15-16H,14H2,1-2H3,(H,32,34). The first-order chi connectivity index (χ1) is 16.4. The number of carbonyl (C=O) groups is 1. The van der Waals surface area contributed by atoms with Gasteiger partial charge in [0.25, 0.3) is 5.91 Å². The van der Waals surface area contributed by atoms with Gasteiger partial charge in [0.2, 0.25) is 0 Å². The zero-order valence-electron chi connectivity index (χ0n) is 18.6. The molecule has 2 aromatic heterocycles. The minimum absolute atomic E-state index is 0.350. The molecule has 3 heterocycles. The number of halogens is 1. The topological polar surface area (TPSA) is 72.2 Å². The third kappa shape index (κ3) is 4.48. The maximum Gasteiger partial charge on any atom is 0.255 e. The molecule has 166 valence electrons. The van der Waals surface area contributed by atoms with Crippen molar-refractivity contribution in [3.63, 3.8) is 0 Å². The average Bonchev–Trinajstić information content (AvgIpc) is 3.46. The number of aromatic nitrogens is 3. The number of aryl methyl sites for hydroxylation is 2. The van der Waals surface area contributed by atoms with Gasteiger partial charge in [-0.05, 0) is 55.8 Å². The zero-order valence-corrected chi connectivity index (χ0v) is 18.6. The highest BCUT2D eigenvalue weighted by molar-refractivity contribution is 6.04. The van der Waals surface area contributed by atoms with E-state index >= 15 is 0 Å². The minimum atomic E-state index is -0.456. The summed E-state index contributed by atoms with van der Waals surface area (Å²) in [7, 11) is 0. The lowest BCUT2D eigenvalue weighted by Gasteiger charge is -2.10. The molecule has 1 N–H and O–H groups in total. The van der Waals surface area contributed by atoms with Crippen molar-refractivity contribution in [3.05, 3.63) is 106 Å². The molecule has 0 saturated carbocycles. The van der Waals surface area contributed by atoms with E-state index in [9.17, 15) is 9.18 Å². The van der Waals surface area contributed by atoms with E-state index in [4.69, 9.17) is 0 Å². The van der Waals surface area contributed by atoms with Gasteiger partial charge in [-0.1, -0.05) is 17.9 Å². The van der Waals surface area contributed by atoms with E-state index in [2.05, 4.69) is 32.1 Å². The van der Waals surface area contributed by atoms with Gasteiger partial charge in [-0.3, -0.25) is 14.8 Å². The number of imidazole rings is 1. The first kappa shape index (κ1) is 21.3. The number of rotatable bonds is 3. The summed E-state index contributed by atoms with van der Waals surface area (Å²) in [5.41, 5.74) is 6.55. The van der Waals surface area contributed by atoms with Crippen molar-refractivity contribution in [3.8, 4) is 17.5 Å². The second-order valence-electron chi connectivity index (χ2n) is 8.08. The predicted octanol–water partition coefficient (Wildman–Crippen LogP) is 4.61. The number of hydrogen-bond acceptors (Lipinski definition) is 4. The van der Waals surface area contributed by atoms with Crippen LogP contribution in [-0.2, 0) is 6.54 Å². The molecule has 1 aliphatic heterocycles. The SMILES string of the molecule is Cc1cn(-c2cc(F)cc(NC(=O)c3ccc(C)c(C#Cc4cnc5c(c4)C=NC5)c3)c2)cn1. The molecule has 6 nitrogen and oxygen atoms in total. The Morgan fingerprint density at radius 2 is 1.97 bits per heavy atom. The quantitative estimate of drug-likeness (QED) is 0.465. The minimum Gasteiger partial charge on any atom is -0.322 e. The fourth-order valence-electron chi connectivity index (χ4n) is 3.65. The third-order valence-corrected chi connectivity index (χ3v) is 5.47. The van der Waals surface area contributed by atoms with Crippen LogP contribution in [0.15, 0.2) is 66.2 Å². The molecule has 5 rings (SSSR count). The van der Waals surface area contributed by atoms with Crippen LogP contribution in [-0.4, -0.2) is 26.7 Å². The van der Waals surface area contributed by atoms with Gasteiger partial charge >= 0.3 is 0 Å². The number of pyridine rings is 1. The fourth-order valence-corrected chi connectivity index (χ4v) is 3.65. The Morgan fingerprint density at radius 1 is 1.09 bits per heavy atom. The summed E-state index contributed by atoms with van der Waals surface area (Å²) in [5, 5.41) is 2.78. The lowest BCUT2D eigenvalue weighted by atomic mass is 10.0. The van der Waals surface area contributed by atoms with Crippen molar-refractivity contribution >= 4 is 17.8 Å². The van der Waals surface area contributed by atoms with Gasteiger partial charge in [-0.15, -0.1) is 0 Å². The van der Waals surface area contributed by atoms with Crippen LogP contribution >= 0.6 is 0 Å². The average molecular weight is 449 g/mol. The van der Waals surface area contributed by atoms with Crippen LogP contribution < -0.4 is 5.32 Å². The lowest BCUT2D eigenvalue weighted by molar-refractivity contribution is 0.102. The number of nitrogens with one attached hydrogen (secondary N) is 1. The van der Waals surface area contributed by atoms with Gasteiger partial charge in [-0.25, -0.2) is 9.37 Å². The summed E-state index contributed by atoms with van der Waals surface area (Å²) in [6, 6.07) is 11.6. The van der Waals surface area contributed by atoms with Crippen molar-refractivity contribution in [2.45, 2.75) is 20.4 Å². The Morgan fingerprint density at radius 3 is 2.79 bits per heavy atom. The summed E-state index contributed by atoms with van der Waals surface area (Å²) < 4.78 is 15.9. The maximum atomic E-state index is 14.2. The Bertz CT molecular complexity index is 1520. The largest absolute Gasteiger partial charge is 0.322 e. The Balaban J connectivity index is 1.38. The number of amides is 1. The van der Waals surface area contributed by atoms with Crippen LogP contribution in [0.4, 0.5) is 10.1 Å². The molecule has 0 unspecified atom stereocenters. The van der Waals surface area contributed by atoms with Crippen molar-refractivity contribution < 1.29 is 9.18 Å². The summed E-state index contributed by atoms with van der Waals surface area (Å²) in [6.45, 7) is 4.39. The molecule has 0 radical (unpaired) electrons. The van der Waals surface area contributed by atoms with E-state index in [1.165, 1.54) is 12.1 Å². The Kier molecular flexibility index (Phi) is 5.48. The van der Waals surface area contributed by atoms with Crippen LogP contribution in [0.25, 0.3) is 5.69 Å². The van der Waals surface area contributed by atoms with Gasteiger partial charge < -0.3 is 9.88 Å². The number of anilines is 1. The van der Waals surface area contributed by atoms with E-state index in [1.807, 2.05) is 26.0 Å². The molecule has 0 saturated heterocycles. The molecule has 7 heteroatoms. The van der Waals surface area contributed by atoms with Crippen molar-refractivity contribution in [2.75, 3.05) is 5.32 Å². The molecule has 1 aliphatic rings. The van der Waals surface area contributed by atoms with Gasteiger partial charge in [0.15, 0.2) is 0 Å². The van der Waals surface area contributed by atoms with Crippen LogP contribution in [0.3, 0.4) is 0 Å². The number of nitrogens with zero attached hydrogens (tertiary/aromatic N) is 4. The van der Waals surface area contributed by atoms with Crippen LogP contribution in [0, 0.1) is 31.5 Å². The smallest absolute Gasteiger partial charge is 0.255 e. The Labute approximate surface area is 196 Å². The van der Waals surface area contributed by atoms with Gasteiger partial charge in [0.05, 0.1) is 29.9 Å². The predicted molar refractivity (Wildman–Crippen MR) is 129 cm³/mol. The van der Waals surface area contributed by atoms with E-state index in [-0.39, 0.29) is 5.91 Å². The van der Waals surface area contributed by atoms with Crippen LogP contribution in [0.2, 0.25) is 0 Å². The maximum absolute atomic E-state index is 14.2. The molecule has 0 spiro atoms. The number of benzene rings is 2. The normalized spacial score (nSPS) is 11.6. The molecule has 0 atom stereocenters. The fraction of sp³-hybridized carbons (Fsp3) is 0.111. The molecule has 1 amide bonds. The number of hydrogen-bond donors (Lipinski definition) is 1. The van der Waals surface area contributed by atoms with E-state index in [0.29, 0.717) is 23.5 Å².